The van der Waals surface area contributed by atoms with Gasteiger partial charge < -0.3 is 16.2 Å². The summed E-state index contributed by atoms with van der Waals surface area (Å²) in [5, 5.41) is 4.20. The van der Waals surface area contributed by atoms with Crippen molar-refractivity contribution in [1.29, 1.82) is 0 Å². The molecule has 0 radical (unpaired) electrons. The fourth-order valence-electron chi connectivity index (χ4n) is 1.62. The van der Waals surface area contributed by atoms with E-state index in [1.54, 1.807) is 23.1 Å². The summed E-state index contributed by atoms with van der Waals surface area (Å²) < 4.78 is 7.03. The molecule has 1 aromatic carbocycles. The fraction of sp³-hybridized carbons (Fsp3) is 0. The molecule has 4 N–H and O–H groups in total. The number of para-hydroxylation sites is 1. The molecule has 0 saturated heterocycles. The van der Waals surface area contributed by atoms with Gasteiger partial charge in [0.2, 0.25) is 5.88 Å². The lowest BCUT2D eigenvalue weighted by atomic mass is 10.3. The molecule has 2 heterocycles. The van der Waals surface area contributed by atoms with Crippen LogP contribution in [0.4, 0.5) is 11.5 Å². The minimum atomic E-state index is 0.186. The Hall–Kier alpha value is -3.09. The minimum absolute atomic E-state index is 0.186. The van der Waals surface area contributed by atoms with E-state index in [1.165, 1.54) is 0 Å². The van der Waals surface area contributed by atoms with Crippen LogP contribution >= 0.6 is 0 Å². The highest BCUT2D eigenvalue weighted by atomic mass is 16.5. The van der Waals surface area contributed by atoms with Gasteiger partial charge in [-0.3, -0.25) is 0 Å². The van der Waals surface area contributed by atoms with E-state index >= 15 is 0 Å². The van der Waals surface area contributed by atoms with Gasteiger partial charge in [0.1, 0.15) is 6.33 Å². The van der Waals surface area contributed by atoms with Crippen molar-refractivity contribution in [3.63, 3.8) is 0 Å². The van der Waals surface area contributed by atoms with E-state index < -0.39 is 0 Å². The third-order valence-corrected chi connectivity index (χ3v) is 2.62. The Morgan fingerprint density at radius 2 is 1.80 bits per heavy atom. The monoisotopic (exact) mass is 268 g/mol. The minimum Gasteiger partial charge on any atom is -0.404 e. The molecular formula is C13H12N6O. The van der Waals surface area contributed by atoms with Crippen LogP contribution in [0.25, 0.3) is 5.69 Å². The second-order valence-electron chi connectivity index (χ2n) is 4.03. The second kappa shape index (κ2) is 4.88. The highest BCUT2D eigenvalue weighted by Crippen LogP contribution is 2.20. The molecule has 3 aromatic rings. The van der Waals surface area contributed by atoms with E-state index in [2.05, 4.69) is 15.1 Å². The predicted octanol–water partition coefficient (Wildman–Crippen LogP) is 1.62. The Morgan fingerprint density at radius 1 is 1.00 bits per heavy atom. The van der Waals surface area contributed by atoms with Gasteiger partial charge in [0, 0.05) is 6.07 Å². The third-order valence-electron chi connectivity index (χ3n) is 2.62. The first-order valence-corrected chi connectivity index (χ1v) is 5.89. The molecule has 0 spiro atoms. The van der Waals surface area contributed by atoms with Crippen LogP contribution in [0.2, 0.25) is 0 Å². The quantitative estimate of drug-likeness (QED) is 0.747. The molecule has 20 heavy (non-hydrogen) atoms. The van der Waals surface area contributed by atoms with Crippen LogP contribution in [0.5, 0.6) is 11.9 Å². The molecule has 0 fully saturated rings. The van der Waals surface area contributed by atoms with E-state index in [0.717, 1.165) is 5.69 Å². The average molecular weight is 268 g/mol. The lowest BCUT2D eigenvalue weighted by Crippen LogP contribution is -1.99. The first-order valence-electron chi connectivity index (χ1n) is 5.89. The number of nitrogens with zero attached hydrogens (tertiary/aromatic N) is 4. The van der Waals surface area contributed by atoms with E-state index in [1.807, 2.05) is 30.3 Å². The van der Waals surface area contributed by atoms with Crippen molar-refractivity contribution in [1.82, 2.24) is 19.7 Å². The number of nitrogens with two attached hydrogens (primary N) is 2. The molecule has 0 aliphatic carbocycles. The highest BCUT2D eigenvalue weighted by Gasteiger charge is 2.07. The standard InChI is InChI=1S/C13H12N6O/c14-10-6-7-11(17-12(10)15)20-13-16-8-19(18-13)9-4-2-1-3-5-9/h1-8H,14H2,(H2,15,17). The predicted molar refractivity (Wildman–Crippen MR) is 74.5 cm³/mol. The van der Waals surface area contributed by atoms with Crippen LogP contribution in [0.15, 0.2) is 48.8 Å². The topological polar surface area (TPSA) is 105 Å². The van der Waals surface area contributed by atoms with Gasteiger partial charge in [-0.1, -0.05) is 18.2 Å². The summed E-state index contributed by atoms with van der Waals surface area (Å²) in [6.45, 7) is 0. The van der Waals surface area contributed by atoms with E-state index in [-0.39, 0.29) is 11.8 Å². The van der Waals surface area contributed by atoms with Gasteiger partial charge in [0.05, 0.1) is 11.4 Å². The molecule has 0 atom stereocenters. The molecule has 0 aliphatic rings. The van der Waals surface area contributed by atoms with Crippen molar-refractivity contribution < 1.29 is 4.74 Å². The Balaban J connectivity index is 1.82. The van der Waals surface area contributed by atoms with Crippen molar-refractivity contribution in [2.75, 3.05) is 11.5 Å². The maximum Gasteiger partial charge on any atom is 0.342 e. The van der Waals surface area contributed by atoms with E-state index in [9.17, 15) is 0 Å². The van der Waals surface area contributed by atoms with Crippen LogP contribution in [-0.2, 0) is 0 Å². The molecule has 7 nitrogen and oxygen atoms in total. The zero-order valence-corrected chi connectivity index (χ0v) is 10.5. The zero-order valence-electron chi connectivity index (χ0n) is 10.5. The molecule has 0 saturated carbocycles. The molecule has 100 valence electrons. The van der Waals surface area contributed by atoms with Gasteiger partial charge in [-0.25, -0.2) is 4.68 Å². The first kappa shape index (κ1) is 12.0. The second-order valence-corrected chi connectivity index (χ2v) is 4.03. The number of nitrogen functional groups attached to an aromatic ring is 2. The van der Waals surface area contributed by atoms with Crippen molar-refractivity contribution in [2.24, 2.45) is 0 Å². The van der Waals surface area contributed by atoms with Crippen molar-refractivity contribution in [3.05, 3.63) is 48.8 Å². The van der Waals surface area contributed by atoms with Gasteiger partial charge in [-0.15, -0.1) is 5.10 Å². The zero-order chi connectivity index (χ0) is 13.9. The van der Waals surface area contributed by atoms with Crippen LogP contribution < -0.4 is 16.2 Å². The summed E-state index contributed by atoms with van der Waals surface area (Å²) in [5.41, 5.74) is 12.5. The lowest BCUT2D eigenvalue weighted by Gasteiger charge is -2.02. The number of anilines is 2. The summed E-state index contributed by atoms with van der Waals surface area (Å²) in [4.78, 5) is 8.05. The van der Waals surface area contributed by atoms with Crippen molar-refractivity contribution >= 4 is 11.5 Å². The van der Waals surface area contributed by atoms with Crippen LogP contribution in [0, 0.1) is 0 Å². The number of hydrogen-bond donors (Lipinski definition) is 2. The largest absolute Gasteiger partial charge is 0.404 e. The molecule has 2 aromatic heterocycles. The third kappa shape index (κ3) is 2.37. The smallest absolute Gasteiger partial charge is 0.342 e. The molecule has 0 aliphatic heterocycles. The Labute approximate surface area is 114 Å². The highest BCUT2D eigenvalue weighted by molar-refractivity contribution is 5.58. The van der Waals surface area contributed by atoms with Crippen LogP contribution in [0.1, 0.15) is 0 Å². The molecule has 0 unspecified atom stereocenters. The molecule has 0 amide bonds. The number of pyridine rings is 1. The molecule has 0 bridgehead atoms. The van der Waals surface area contributed by atoms with E-state index in [0.29, 0.717) is 11.6 Å². The SMILES string of the molecule is Nc1ccc(Oc2ncn(-c3ccccc3)n2)nc1N. The molecular weight excluding hydrogens is 256 g/mol. The molecule has 7 heteroatoms. The Kier molecular flexibility index (Phi) is 2.92. The number of ether oxygens (including phenoxy) is 1. The molecule has 3 rings (SSSR count). The van der Waals surface area contributed by atoms with Crippen LogP contribution in [-0.4, -0.2) is 19.7 Å². The normalized spacial score (nSPS) is 10.4. The summed E-state index contributed by atoms with van der Waals surface area (Å²) in [6.07, 6.45) is 1.56. The van der Waals surface area contributed by atoms with Gasteiger partial charge >= 0.3 is 6.01 Å². The summed E-state index contributed by atoms with van der Waals surface area (Å²) in [5.74, 6) is 0.507. The maximum absolute atomic E-state index is 5.61. The summed E-state index contributed by atoms with van der Waals surface area (Å²) in [6, 6.07) is 13.0. The van der Waals surface area contributed by atoms with Crippen LogP contribution in [0.3, 0.4) is 0 Å². The van der Waals surface area contributed by atoms with Gasteiger partial charge in [-0.2, -0.15) is 9.97 Å². The first-order chi connectivity index (χ1) is 9.72. The number of hydrogen-bond acceptors (Lipinski definition) is 6. The van der Waals surface area contributed by atoms with Crippen molar-refractivity contribution in [2.45, 2.75) is 0 Å². The van der Waals surface area contributed by atoms with Gasteiger partial charge in [-0.05, 0) is 18.2 Å². The Bertz CT molecular complexity index is 725. The number of benzene rings is 1. The van der Waals surface area contributed by atoms with Gasteiger partial charge in [0.25, 0.3) is 0 Å². The average Bonchev–Trinajstić information content (AvgIpc) is 2.92. The number of rotatable bonds is 3. The maximum atomic E-state index is 5.61. The fourth-order valence-corrected chi connectivity index (χ4v) is 1.62. The van der Waals surface area contributed by atoms with E-state index in [4.69, 9.17) is 16.2 Å². The van der Waals surface area contributed by atoms with Gasteiger partial charge in [0.15, 0.2) is 5.82 Å². The number of aromatic nitrogens is 4. The summed E-state index contributed by atoms with van der Waals surface area (Å²) >= 11 is 0. The van der Waals surface area contributed by atoms with Crippen molar-refractivity contribution in [3.8, 4) is 17.6 Å². The Morgan fingerprint density at radius 3 is 2.55 bits per heavy atom. The lowest BCUT2D eigenvalue weighted by molar-refractivity contribution is 0.425. The summed E-state index contributed by atoms with van der Waals surface area (Å²) in [7, 11) is 0.